The third-order valence-electron chi connectivity index (χ3n) is 3.91. The summed E-state index contributed by atoms with van der Waals surface area (Å²) in [5.41, 5.74) is 4.68. The van der Waals surface area contributed by atoms with E-state index in [1.807, 2.05) is 37.3 Å². The second kappa shape index (κ2) is 6.75. The molecule has 2 rings (SSSR count). The molecule has 0 aliphatic heterocycles. The van der Waals surface area contributed by atoms with Crippen molar-refractivity contribution >= 4 is 16.0 Å². The second-order valence-corrected chi connectivity index (χ2v) is 7.80. The Morgan fingerprint density at radius 1 is 1.08 bits per heavy atom. The van der Waals surface area contributed by atoms with Gasteiger partial charge in [-0.15, -0.1) is 0 Å². The van der Waals surface area contributed by atoms with Crippen LogP contribution in [-0.4, -0.2) is 25.7 Å². The van der Waals surface area contributed by atoms with Crippen LogP contribution in [0, 0.1) is 13.8 Å². The van der Waals surface area contributed by atoms with E-state index in [0.29, 0.717) is 11.1 Å². The highest BCUT2D eigenvalue weighted by molar-refractivity contribution is 7.88. The summed E-state index contributed by atoms with van der Waals surface area (Å²) in [6.07, 6.45) is 1.13. The van der Waals surface area contributed by atoms with Gasteiger partial charge in [-0.05, 0) is 54.7 Å². The summed E-state index contributed by atoms with van der Waals surface area (Å²) in [5, 5.41) is 9.19. The lowest BCUT2D eigenvalue weighted by molar-refractivity contribution is 0.0696. The monoisotopic (exact) mass is 347 g/mol. The van der Waals surface area contributed by atoms with Gasteiger partial charge in [0.2, 0.25) is 10.0 Å². The van der Waals surface area contributed by atoms with Gasteiger partial charge in [0.1, 0.15) is 0 Å². The number of hydrogen-bond donors (Lipinski definition) is 2. The molecule has 24 heavy (non-hydrogen) atoms. The molecule has 0 saturated carbocycles. The van der Waals surface area contributed by atoms with Gasteiger partial charge in [0.25, 0.3) is 0 Å². The first-order chi connectivity index (χ1) is 11.1. The van der Waals surface area contributed by atoms with Gasteiger partial charge in [-0.1, -0.05) is 30.3 Å². The maximum atomic E-state index is 11.3. The number of hydrogen-bond acceptors (Lipinski definition) is 3. The molecule has 2 aromatic carbocycles. The van der Waals surface area contributed by atoms with Crippen molar-refractivity contribution in [2.24, 2.45) is 0 Å². The van der Waals surface area contributed by atoms with E-state index in [-0.39, 0.29) is 6.04 Å². The topological polar surface area (TPSA) is 83.5 Å². The van der Waals surface area contributed by atoms with E-state index in [4.69, 9.17) is 0 Å². The quantitative estimate of drug-likeness (QED) is 0.869. The van der Waals surface area contributed by atoms with E-state index in [2.05, 4.69) is 4.72 Å². The van der Waals surface area contributed by atoms with Gasteiger partial charge < -0.3 is 5.11 Å². The third kappa shape index (κ3) is 4.21. The molecule has 0 unspecified atom stereocenters. The lowest BCUT2D eigenvalue weighted by Gasteiger charge is -2.14. The molecule has 6 heteroatoms. The smallest absolute Gasteiger partial charge is 0.335 e. The van der Waals surface area contributed by atoms with Crippen molar-refractivity contribution in [3.8, 4) is 11.1 Å². The summed E-state index contributed by atoms with van der Waals surface area (Å²) >= 11 is 0. The fraction of sp³-hybridized carbons (Fsp3) is 0.278. The molecule has 0 radical (unpaired) electrons. The molecule has 5 nitrogen and oxygen atoms in total. The van der Waals surface area contributed by atoms with Gasteiger partial charge in [-0.3, -0.25) is 0 Å². The fourth-order valence-corrected chi connectivity index (χ4v) is 3.48. The number of aromatic carboxylic acids is 1. The number of carbonyl (C=O) groups is 1. The van der Waals surface area contributed by atoms with Crippen molar-refractivity contribution < 1.29 is 18.3 Å². The Hall–Kier alpha value is -2.18. The third-order valence-corrected chi connectivity index (χ3v) is 4.70. The highest BCUT2D eigenvalue weighted by atomic mass is 32.2. The van der Waals surface area contributed by atoms with Gasteiger partial charge in [0.05, 0.1) is 11.8 Å². The molecule has 0 spiro atoms. The number of sulfonamides is 1. The molecular weight excluding hydrogens is 326 g/mol. The molecule has 0 saturated heterocycles. The van der Waals surface area contributed by atoms with E-state index < -0.39 is 16.0 Å². The minimum atomic E-state index is -3.26. The molecule has 0 heterocycles. The largest absolute Gasteiger partial charge is 0.478 e. The normalized spacial score (nSPS) is 12.8. The van der Waals surface area contributed by atoms with Crippen molar-refractivity contribution in [1.82, 2.24) is 4.72 Å². The summed E-state index contributed by atoms with van der Waals surface area (Å²) in [6, 6.07) is 10.8. The number of rotatable bonds is 5. The van der Waals surface area contributed by atoms with Crippen LogP contribution in [0.4, 0.5) is 0 Å². The molecule has 2 N–H and O–H groups in total. The first-order valence-corrected chi connectivity index (χ1v) is 9.40. The Bertz CT molecular complexity index is 871. The molecule has 0 aromatic heterocycles. The molecule has 0 aliphatic rings. The summed E-state index contributed by atoms with van der Waals surface area (Å²) in [7, 11) is -3.26. The lowest BCUT2D eigenvalue weighted by atomic mass is 9.94. The Kier molecular flexibility index (Phi) is 5.11. The average molecular weight is 347 g/mol. The molecule has 128 valence electrons. The van der Waals surface area contributed by atoms with Crippen LogP contribution in [0.3, 0.4) is 0 Å². The number of carboxylic acids is 1. The van der Waals surface area contributed by atoms with Crippen molar-refractivity contribution in [1.29, 1.82) is 0 Å². The average Bonchev–Trinajstić information content (AvgIpc) is 2.47. The van der Waals surface area contributed by atoms with Crippen LogP contribution in [0.25, 0.3) is 11.1 Å². The van der Waals surface area contributed by atoms with Crippen LogP contribution in [0.2, 0.25) is 0 Å². The van der Waals surface area contributed by atoms with Crippen LogP contribution in [0.15, 0.2) is 36.4 Å². The Morgan fingerprint density at radius 2 is 1.67 bits per heavy atom. The van der Waals surface area contributed by atoms with Gasteiger partial charge in [-0.2, -0.15) is 0 Å². The zero-order chi connectivity index (χ0) is 18.1. The summed E-state index contributed by atoms with van der Waals surface area (Å²) in [4.78, 5) is 11.2. The van der Waals surface area contributed by atoms with Gasteiger partial charge in [0, 0.05) is 6.04 Å². The van der Waals surface area contributed by atoms with E-state index in [0.717, 1.165) is 28.5 Å². The van der Waals surface area contributed by atoms with Crippen molar-refractivity contribution in [3.05, 3.63) is 58.7 Å². The highest BCUT2D eigenvalue weighted by Crippen LogP contribution is 2.28. The van der Waals surface area contributed by atoms with Gasteiger partial charge >= 0.3 is 5.97 Å². The Balaban J connectivity index is 2.35. The SMILES string of the molecule is Cc1cc(-c2ccc([C@H](C)NS(C)(=O)=O)cc2)c(C)cc1C(=O)O. The summed E-state index contributed by atoms with van der Waals surface area (Å²) in [6.45, 7) is 5.44. The minimum Gasteiger partial charge on any atom is -0.478 e. The zero-order valence-electron chi connectivity index (χ0n) is 14.1. The van der Waals surface area contributed by atoms with Gasteiger partial charge in [-0.25, -0.2) is 17.9 Å². The molecule has 0 bridgehead atoms. The van der Waals surface area contributed by atoms with Crippen LogP contribution in [0.1, 0.15) is 40.0 Å². The first kappa shape index (κ1) is 18.2. The van der Waals surface area contributed by atoms with Gasteiger partial charge in [0.15, 0.2) is 0 Å². The number of carboxylic acid groups (broad SMARTS) is 1. The maximum absolute atomic E-state index is 11.3. The molecule has 1 atom stereocenters. The zero-order valence-corrected chi connectivity index (χ0v) is 14.9. The lowest BCUT2D eigenvalue weighted by Crippen LogP contribution is -2.25. The Morgan fingerprint density at radius 3 is 2.17 bits per heavy atom. The maximum Gasteiger partial charge on any atom is 0.335 e. The first-order valence-electron chi connectivity index (χ1n) is 7.50. The number of nitrogens with one attached hydrogen (secondary N) is 1. The molecule has 0 amide bonds. The van der Waals surface area contributed by atoms with Crippen molar-refractivity contribution in [2.75, 3.05) is 6.26 Å². The molecule has 0 fully saturated rings. The predicted octanol–water partition coefficient (Wildman–Crippen LogP) is 3.28. The molecule has 2 aromatic rings. The van der Waals surface area contributed by atoms with E-state index >= 15 is 0 Å². The van der Waals surface area contributed by atoms with Crippen LogP contribution >= 0.6 is 0 Å². The van der Waals surface area contributed by atoms with E-state index in [9.17, 15) is 18.3 Å². The van der Waals surface area contributed by atoms with E-state index in [1.165, 1.54) is 0 Å². The van der Waals surface area contributed by atoms with E-state index in [1.54, 1.807) is 19.9 Å². The summed E-state index contributed by atoms with van der Waals surface area (Å²) < 4.78 is 25.2. The second-order valence-electron chi connectivity index (χ2n) is 6.02. The predicted molar refractivity (Wildman–Crippen MR) is 94.7 cm³/mol. The fourth-order valence-electron chi connectivity index (χ4n) is 2.70. The number of aryl methyl sites for hydroxylation is 2. The molecule has 0 aliphatic carbocycles. The van der Waals surface area contributed by atoms with Crippen LogP contribution < -0.4 is 4.72 Å². The highest BCUT2D eigenvalue weighted by Gasteiger charge is 2.13. The minimum absolute atomic E-state index is 0.304. The van der Waals surface area contributed by atoms with Crippen LogP contribution in [-0.2, 0) is 10.0 Å². The van der Waals surface area contributed by atoms with Crippen molar-refractivity contribution in [3.63, 3.8) is 0 Å². The van der Waals surface area contributed by atoms with Crippen LogP contribution in [0.5, 0.6) is 0 Å². The Labute approximate surface area is 142 Å². The summed E-state index contributed by atoms with van der Waals surface area (Å²) in [5.74, 6) is -0.932. The molecular formula is C18H21NO4S. The standard InChI is InChI=1S/C18H21NO4S/c1-11-10-17(18(20)21)12(2)9-16(11)15-7-5-14(6-8-15)13(3)19-24(4,22)23/h5-10,13,19H,1-4H3,(H,20,21)/t13-/m0/s1. The number of benzene rings is 2. The van der Waals surface area contributed by atoms with Crippen molar-refractivity contribution in [2.45, 2.75) is 26.8 Å².